The topological polar surface area (TPSA) is 130 Å². The third-order valence-corrected chi connectivity index (χ3v) is 11.7. The molecule has 0 radical (unpaired) electrons. The minimum Gasteiger partial charge on any atom is -0.383 e. The summed E-state index contributed by atoms with van der Waals surface area (Å²) in [5, 5.41) is 11.0. The fourth-order valence-electron chi connectivity index (χ4n) is 6.95. The van der Waals surface area contributed by atoms with Gasteiger partial charge in [-0.05, 0) is 103 Å². The maximum Gasteiger partial charge on any atom is 0.330 e. The molecule has 0 unspecified atom stereocenters. The molecule has 4 rings (SSSR count). The molecule has 0 amide bonds. The molecule has 0 aromatic carbocycles. The van der Waals surface area contributed by atoms with E-state index in [-0.39, 0.29) is 0 Å². The molecular weight excluding hydrogens is 575 g/mol. The first-order valence-corrected chi connectivity index (χ1v) is 19.4. The van der Waals surface area contributed by atoms with E-state index in [0.717, 1.165) is 83.1 Å². The van der Waals surface area contributed by atoms with E-state index in [9.17, 15) is 4.57 Å². The number of nitrogens with two attached hydrogens (primary N) is 1. The molecule has 44 heavy (non-hydrogen) atoms. The lowest BCUT2D eigenvalue weighted by molar-refractivity contribution is 0.215. The van der Waals surface area contributed by atoms with E-state index in [1.54, 1.807) is 0 Å². The average molecular weight is 637 g/mol. The fraction of sp³-hybridized carbons (Fsp3) is 0.875. The van der Waals surface area contributed by atoms with Crippen molar-refractivity contribution >= 4 is 25.2 Å². The Morgan fingerprint density at radius 1 is 0.886 bits per heavy atom. The Labute approximate surface area is 266 Å². The van der Waals surface area contributed by atoms with Crippen molar-refractivity contribution in [3.8, 4) is 0 Å². The first-order chi connectivity index (χ1) is 21.5. The summed E-state index contributed by atoms with van der Waals surface area (Å²) in [5.74, 6) is 3.48. The lowest BCUT2D eigenvalue weighted by Gasteiger charge is -2.35. The highest BCUT2D eigenvalue weighted by Gasteiger charge is 2.25. The van der Waals surface area contributed by atoms with E-state index in [1.807, 2.05) is 19.9 Å². The van der Waals surface area contributed by atoms with Crippen LogP contribution in [0.2, 0.25) is 0 Å². The van der Waals surface area contributed by atoms with Crippen molar-refractivity contribution in [2.45, 2.75) is 90.5 Å². The normalized spacial score (nSPS) is 22.4. The number of rotatable bonds is 19. The van der Waals surface area contributed by atoms with E-state index >= 15 is 0 Å². The van der Waals surface area contributed by atoms with Crippen LogP contribution in [0.25, 0.3) is 0 Å². The second-order valence-corrected chi connectivity index (χ2v) is 15.1. The minimum absolute atomic E-state index is 0.409. The van der Waals surface area contributed by atoms with Crippen molar-refractivity contribution in [3.05, 3.63) is 6.07 Å². The molecule has 3 fully saturated rings. The maximum absolute atomic E-state index is 12.7. The van der Waals surface area contributed by atoms with Crippen molar-refractivity contribution in [2.24, 2.45) is 11.8 Å². The lowest BCUT2D eigenvalue weighted by Crippen LogP contribution is -2.47. The molecule has 0 atom stereocenters. The van der Waals surface area contributed by atoms with Crippen LogP contribution in [-0.2, 0) is 13.6 Å². The SMILES string of the molecule is CCOP(=O)(CCCN1CCN(c2cc(N)nc(NC[C@H]3CC[C@H](CNCCCNC4CCCCC4)CC3)n2)CC1)OCC. The highest BCUT2D eigenvalue weighted by molar-refractivity contribution is 7.53. The Bertz CT molecular complexity index is 972. The highest BCUT2D eigenvalue weighted by Crippen LogP contribution is 2.48. The first kappa shape index (κ1) is 35.4. The standard InChI is InChI=1S/C32H61N8O3P/c1-3-42-44(41,43-4-2)23-9-18-39-19-21-40(22-20-39)31-24-30(33)37-32(38-31)36-26-28-14-12-27(13-15-28)25-34-16-8-17-35-29-10-6-5-7-11-29/h24,27-29,34-35H,3-23,25-26H2,1-2H3,(H3,33,36,37,38)/t27-,28-. The zero-order chi connectivity index (χ0) is 31.0. The zero-order valence-corrected chi connectivity index (χ0v) is 28.5. The number of nitrogen functional groups attached to an aromatic ring is 1. The number of nitrogens with zero attached hydrogens (tertiary/aromatic N) is 4. The van der Waals surface area contributed by atoms with Crippen molar-refractivity contribution in [2.75, 3.05) is 94.2 Å². The molecule has 11 nitrogen and oxygen atoms in total. The summed E-state index contributed by atoms with van der Waals surface area (Å²) in [6.45, 7) is 13.3. The van der Waals surface area contributed by atoms with Gasteiger partial charge in [-0.1, -0.05) is 19.3 Å². The highest BCUT2D eigenvalue weighted by atomic mass is 31.2. The van der Waals surface area contributed by atoms with E-state index in [0.29, 0.717) is 37.1 Å². The lowest BCUT2D eigenvalue weighted by atomic mass is 9.82. The monoisotopic (exact) mass is 636 g/mol. The number of piperazine rings is 1. The molecule has 1 saturated heterocycles. The van der Waals surface area contributed by atoms with Gasteiger partial charge < -0.3 is 35.6 Å². The average Bonchev–Trinajstić information content (AvgIpc) is 3.03. The van der Waals surface area contributed by atoms with Crippen LogP contribution in [0.15, 0.2) is 6.07 Å². The molecule has 1 aliphatic heterocycles. The van der Waals surface area contributed by atoms with Crippen LogP contribution in [0.3, 0.4) is 0 Å². The molecule has 2 saturated carbocycles. The van der Waals surface area contributed by atoms with Gasteiger partial charge in [0.15, 0.2) is 0 Å². The van der Waals surface area contributed by atoms with Crippen molar-refractivity contribution in [1.29, 1.82) is 0 Å². The van der Waals surface area contributed by atoms with Gasteiger partial charge in [-0.25, -0.2) is 0 Å². The Hall–Kier alpha value is -1.49. The minimum atomic E-state index is -2.97. The van der Waals surface area contributed by atoms with Crippen molar-refractivity contribution in [3.63, 3.8) is 0 Å². The Kier molecular flexibility index (Phi) is 15.5. The molecule has 5 N–H and O–H groups in total. The van der Waals surface area contributed by atoms with Crippen LogP contribution in [0.4, 0.5) is 17.6 Å². The van der Waals surface area contributed by atoms with Crippen LogP contribution in [-0.4, -0.2) is 99.2 Å². The number of hydrogen-bond donors (Lipinski definition) is 4. The number of anilines is 3. The largest absolute Gasteiger partial charge is 0.383 e. The van der Waals surface area contributed by atoms with E-state index in [2.05, 4.69) is 30.7 Å². The predicted octanol–water partition coefficient (Wildman–Crippen LogP) is 4.96. The summed E-state index contributed by atoms with van der Waals surface area (Å²) >= 11 is 0. The van der Waals surface area contributed by atoms with Gasteiger partial charge in [0, 0.05) is 44.8 Å². The third kappa shape index (κ3) is 12.4. The van der Waals surface area contributed by atoms with Crippen molar-refractivity contribution < 1.29 is 13.6 Å². The number of nitrogens with one attached hydrogen (secondary N) is 3. The number of aromatic nitrogens is 2. The Morgan fingerprint density at radius 2 is 1.57 bits per heavy atom. The molecule has 3 aliphatic rings. The molecular formula is C32H61N8O3P. The zero-order valence-electron chi connectivity index (χ0n) is 27.6. The van der Waals surface area contributed by atoms with Crippen LogP contribution in [0, 0.1) is 11.8 Å². The van der Waals surface area contributed by atoms with Gasteiger partial charge in [0.1, 0.15) is 11.6 Å². The molecule has 252 valence electrons. The molecule has 12 heteroatoms. The summed E-state index contributed by atoms with van der Waals surface area (Å²) in [4.78, 5) is 14.0. The summed E-state index contributed by atoms with van der Waals surface area (Å²) < 4.78 is 23.6. The third-order valence-electron chi connectivity index (χ3n) is 9.50. The van der Waals surface area contributed by atoms with Gasteiger partial charge in [-0.3, -0.25) is 9.46 Å². The van der Waals surface area contributed by atoms with Gasteiger partial charge in [0.25, 0.3) is 0 Å². The predicted molar refractivity (Wildman–Crippen MR) is 182 cm³/mol. The van der Waals surface area contributed by atoms with Crippen LogP contribution in [0.5, 0.6) is 0 Å². The Balaban J connectivity index is 1.09. The second-order valence-electron chi connectivity index (χ2n) is 12.9. The molecule has 1 aromatic heterocycles. The van der Waals surface area contributed by atoms with Gasteiger partial charge in [0.2, 0.25) is 5.95 Å². The van der Waals surface area contributed by atoms with E-state index in [1.165, 1.54) is 64.2 Å². The smallest absolute Gasteiger partial charge is 0.330 e. The molecule has 0 bridgehead atoms. The van der Waals surface area contributed by atoms with Crippen LogP contribution < -0.4 is 26.6 Å². The van der Waals surface area contributed by atoms with E-state index < -0.39 is 7.60 Å². The summed E-state index contributed by atoms with van der Waals surface area (Å²) in [6.07, 6.45) is 14.5. The first-order valence-electron chi connectivity index (χ1n) is 17.6. The van der Waals surface area contributed by atoms with Crippen molar-refractivity contribution in [1.82, 2.24) is 25.5 Å². The second kappa shape index (κ2) is 19.2. The van der Waals surface area contributed by atoms with Gasteiger partial charge in [-0.15, -0.1) is 0 Å². The molecule has 2 aliphatic carbocycles. The maximum atomic E-state index is 12.7. The summed E-state index contributed by atoms with van der Waals surface area (Å²) in [5.41, 5.74) is 6.20. The van der Waals surface area contributed by atoms with Crippen LogP contribution >= 0.6 is 7.60 Å². The quantitative estimate of drug-likeness (QED) is 0.122. The Morgan fingerprint density at radius 3 is 2.25 bits per heavy atom. The van der Waals surface area contributed by atoms with Gasteiger partial charge in [0.05, 0.1) is 19.4 Å². The molecule has 2 heterocycles. The van der Waals surface area contributed by atoms with Gasteiger partial charge >= 0.3 is 7.60 Å². The number of hydrogen-bond acceptors (Lipinski definition) is 11. The summed E-state index contributed by atoms with van der Waals surface area (Å²) in [6, 6.07) is 2.65. The van der Waals surface area contributed by atoms with Crippen LogP contribution in [0.1, 0.15) is 84.5 Å². The van der Waals surface area contributed by atoms with Gasteiger partial charge in [-0.2, -0.15) is 9.97 Å². The van der Waals surface area contributed by atoms with E-state index in [4.69, 9.17) is 19.8 Å². The molecule has 1 aromatic rings. The molecule has 0 spiro atoms. The fourth-order valence-corrected chi connectivity index (χ4v) is 8.60. The summed E-state index contributed by atoms with van der Waals surface area (Å²) in [7, 11) is -2.97.